The molecule has 27 heavy (non-hydrogen) atoms. The van der Waals surface area contributed by atoms with Crippen LogP contribution in [0.25, 0.3) is 0 Å². The van der Waals surface area contributed by atoms with Crippen molar-refractivity contribution in [2.45, 2.75) is 20.4 Å². The fourth-order valence-electron chi connectivity index (χ4n) is 2.92. The number of anilines is 2. The molecular weight excluding hydrogens is 336 g/mol. The summed E-state index contributed by atoms with van der Waals surface area (Å²) in [5, 5.41) is 0. The predicted molar refractivity (Wildman–Crippen MR) is 108 cm³/mol. The summed E-state index contributed by atoms with van der Waals surface area (Å²) in [4.78, 5) is 25.3. The summed E-state index contributed by atoms with van der Waals surface area (Å²) in [5.74, 6) is 0.530. The number of nitrogens with zero attached hydrogens (tertiary/aromatic N) is 4. The molecule has 0 unspecified atom stereocenters. The molecule has 1 amide bonds. The van der Waals surface area contributed by atoms with Gasteiger partial charge < -0.3 is 9.80 Å². The van der Waals surface area contributed by atoms with Crippen LogP contribution < -0.4 is 4.90 Å². The van der Waals surface area contributed by atoms with E-state index in [1.54, 1.807) is 17.3 Å². The van der Waals surface area contributed by atoms with Crippen molar-refractivity contribution in [3.8, 4) is 0 Å². The van der Waals surface area contributed by atoms with Crippen LogP contribution in [-0.4, -0.2) is 33.9 Å². The highest BCUT2D eigenvalue weighted by Gasteiger charge is 2.16. The zero-order valence-corrected chi connectivity index (χ0v) is 15.7. The van der Waals surface area contributed by atoms with Gasteiger partial charge in [-0.05, 0) is 31.5 Å². The molecule has 0 spiro atoms. The summed E-state index contributed by atoms with van der Waals surface area (Å²) in [5.41, 5.74) is 2.67. The molecule has 5 nitrogen and oxygen atoms in total. The third kappa shape index (κ3) is 4.50. The second-order valence-electron chi connectivity index (χ2n) is 6.16. The van der Waals surface area contributed by atoms with E-state index in [0.717, 1.165) is 11.3 Å². The van der Waals surface area contributed by atoms with Gasteiger partial charge in [0.25, 0.3) is 5.91 Å². The maximum atomic E-state index is 12.5. The van der Waals surface area contributed by atoms with Crippen LogP contribution in [0.4, 0.5) is 11.6 Å². The zero-order valence-electron chi connectivity index (χ0n) is 15.7. The minimum Gasteiger partial charge on any atom is -0.339 e. The van der Waals surface area contributed by atoms with Gasteiger partial charge in [0.05, 0.1) is 12.1 Å². The number of amides is 1. The highest BCUT2D eigenvalue weighted by Crippen LogP contribution is 2.24. The summed E-state index contributed by atoms with van der Waals surface area (Å²) in [6.07, 6.45) is 3.23. The van der Waals surface area contributed by atoms with Crippen LogP contribution in [0.5, 0.6) is 0 Å². The van der Waals surface area contributed by atoms with Crippen LogP contribution in [0.1, 0.15) is 29.8 Å². The average molecular weight is 360 g/mol. The third-order valence-electron chi connectivity index (χ3n) is 4.43. The van der Waals surface area contributed by atoms with Gasteiger partial charge in [0.1, 0.15) is 0 Å². The lowest BCUT2D eigenvalue weighted by Gasteiger charge is -2.23. The molecule has 3 aromatic rings. The van der Waals surface area contributed by atoms with Crippen molar-refractivity contribution >= 4 is 17.5 Å². The molecular formula is C22H24N4O. The van der Waals surface area contributed by atoms with E-state index in [2.05, 4.69) is 22.1 Å². The smallest absolute Gasteiger partial charge is 0.256 e. The molecule has 0 fully saturated rings. The highest BCUT2D eigenvalue weighted by molar-refractivity contribution is 5.93. The van der Waals surface area contributed by atoms with Crippen molar-refractivity contribution in [3.63, 3.8) is 0 Å². The first-order valence-electron chi connectivity index (χ1n) is 9.20. The van der Waals surface area contributed by atoms with Crippen LogP contribution >= 0.6 is 0 Å². The third-order valence-corrected chi connectivity index (χ3v) is 4.43. The molecule has 0 saturated carbocycles. The standard InChI is InChI=1S/C22H24N4O/c1-3-25(4-2)21(27)19-15-23-22(24-16-19)26(20-13-9-6-10-14-20)17-18-11-7-5-8-12-18/h5-16H,3-4,17H2,1-2H3. The zero-order chi connectivity index (χ0) is 19.1. The Kier molecular flexibility index (Phi) is 6.15. The maximum Gasteiger partial charge on any atom is 0.256 e. The van der Waals surface area contributed by atoms with Gasteiger partial charge in [-0.2, -0.15) is 0 Å². The van der Waals surface area contributed by atoms with Gasteiger partial charge in [0.2, 0.25) is 5.95 Å². The molecule has 2 aromatic carbocycles. The monoisotopic (exact) mass is 360 g/mol. The summed E-state index contributed by atoms with van der Waals surface area (Å²) in [6, 6.07) is 20.2. The van der Waals surface area contributed by atoms with Crippen LogP contribution in [0.3, 0.4) is 0 Å². The van der Waals surface area contributed by atoms with E-state index in [1.807, 2.05) is 67.3 Å². The molecule has 0 aliphatic carbocycles. The molecule has 0 atom stereocenters. The Balaban J connectivity index is 1.89. The Morgan fingerprint density at radius 2 is 1.41 bits per heavy atom. The van der Waals surface area contributed by atoms with Crippen molar-refractivity contribution in [2.24, 2.45) is 0 Å². The molecule has 5 heteroatoms. The lowest BCUT2D eigenvalue weighted by molar-refractivity contribution is 0.0772. The summed E-state index contributed by atoms with van der Waals surface area (Å²) in [6.45, 7) is 5.91. The van der Waals surface area contributed by atoms with E-state index in [1.165, 1.54) is 0 Å². The molecule has 0 aliphatic rings. The number of rotatable bonds is 7. The molecule has 0 saturated heterocycles. The normalized spacial score (nSPS) is 10.4. The number of carbonyl (C=O) groups excluding carboxylic acids is 1. The summed E-state index contributed by atoms with van der Waals surface area (Å²) in [7, 11) is 0. The van der Waals surface area contributed by atoms with E-state index in [-0.39, 0.29) is 5.91 Å². The second-order valence-corrected chi connectivity index (χ2v) is 6.16. The fraction of sp³-hybridized carbons (Fsp3) is 0.227. The number of para-hydroxylation sites is 1. The van der Waals surface area contributed by atoms with Gasteiger partial charge >= 0.3 is 0 Å². The number of hydrogen-bond acceptors (Lipinski definition) is 4. The van der Waals surface area contributed by atoms with Crippen molar-refractivity contribution < 1.29 is 4.79 Å². The topological polar surface area (TPSA) is 49.3 Å². The highest BCUT2D eigenvalue weighted by atomic mass is 16.2. The van der Waals surface area contributed by atoms with E-state index in [0.29, 0.717) is 31.1 Å². The molecule has 0 N–H and O–H groups in total. The Bertz CT molecular complexity index is 847. The average Bonchev–Trinajstić information content (AvgIpc) is 2.74. The van der Waals surface area contributed by atoms with Crippen molar-refractivity contribution in [3.05, 3.63) is 84.2 Å². The molecule has 0 radical (unpaired) electrons. The van der Waals surface area contributed by atoms with Gasteiger partial charge in [-0.15, -0.1) is 0 Å². The minimum atomic E-state index is -0.0409. The number of carbonyl (C=O) groups is 1. The Morgan fingerprint density at radius 3 is 1.96 bits per heavy atom. The lowest BCUT2D eigenvalue weighted by Crippen LogP contribution is -2.30. The number of hydrogen-bond donors (Lipinski definition) is 0. The fourth-order valence-corrected chi connectivity index (χ4v) is 2.92. The molecule has 1 aromatic heterocycles. The Hall–Kier alpha value is -3.21. The number of aromatic nitrogens is 2. The van der Waals surface area contributed by atoms with E-state index < -0.39 is 0 Å². The van der Waals surface area contributed by atoms with Gasteiger partial charge in [0.15, 0.2) is 0 Å². The van der Waals surface area contributed by atoms with Gasteiger partial charge in [-0.25, -0.2) is 9.97 Å². The molecule has 138 valence electrons. The van der Waals surface area contributed by atoms with Crippen molar-refractivity contribution in [1.82, 2.24) is 14.9 Å². The summed E-state index contributed by atoms with van der Waals surface area (Å²) < 4.78 is 0. The first kappa shape index (κ1) is 18.6. The van der Waals surface area contributed by atoms with Crippen LogP contribution in [0.2, 0.25) is 0 Å². The lowest BCUT2D eigenvalue weighted by atomic mass is 10.2. The Labute approximate surface area is 160 Å². The van der Waals surface area contributed by atoms with Crippen molar-refractivity contribution in [2.75, 3.05) is 18.0 Å². The van der Waals surface area contributed by atoms with Crippen LogP contribution in [-0.2, 0) is 6.54 Å². The minimum absolute atomic E-state index is 0.0409. The van der Waals surface area contributed by atoms with Crippen molar-refractivity contribution in [1.29, 1.82) is 0 Å². The SMILES string of the molecule is CCN(CC)C(=O)c1cnc(N(Cc2ccccc2)c2ccccc2)nc1. The largest absolute Gasteiger partial charge is 0.339 e. The molecule has 3 rings (SSSR count). The first-order valence-corrected chi connectivity index (χ1v) is 9.20. The molecule has 0 bridgehead atoms. The van der Waals surface area contributed by atoms with E-state index >= 15 is 0 Å². The summed E-state index contributed by atoms with van der Waals surface area (Å²) >= 11 is 0. The van der Waals surface area contributed by atoms with E-state index in [9.17, 15) is 4.79 Å². The van der Waals surface area contributed by atoms with Crippen LogP contribution in [0, 0.1) is 0 Å². The van der Waals surface area contributed by atoms with E-state index in [4.69, 9.17) is 0 Å². The van der Waals surface area contributed by atoms with Gasteiger partial charge in [-0.1, -0.05) is 48.5 Å². The van der Waals surface area contributed by atoms with Crippen LogP contribution in [0.15, 0.2) is 73.1 Å². The van der Waals surface area contributed by atoms with Gasteiger partial charge in [0, 0.05) is 31.2 Å². The maximum absolute atomic E-state index is 12.5. The number of benzene rings is 2. The first-order chi connectivity index (χ1) is 13.2. The molecule has 0 aliphatic heterocycles. The molecule has 1 heterocycles. The second kappa shape index (κ2) is 8.94. The quantitative estimate of drug-likeness (QED) is 0.630. The predicted octanol–water partition coefficient (Wildman–Crippen LogP) is 4.30. The van der Waals surface area contributed by atoms with Gasteiger partial charge in [-0.3, -0.25) is 4.79 Å². The Morgan fingerprint density at radius 1 is 0.852 bits per heavy atom.